The van der Waals surface area contributed by atoms with E-state index in [9.17, 15) is 0 Å². The van der Waals surface area contributed by atoms with Gasteiger partial charge in [0.1, 0.15) is 5.84 Å². The van der Waals surface area contributed by atoms with Crippen LogP contribution in [0.4, 0.5) is 0 Å². The lowest BCUT2D eigenvalue weighted by Gasteiger charge is -2.42. The van der Waals surface area contributed by atoms with E-state index in [0.717, 1.165) is 24.6 Å². The number of benzene rings is 1. The molecule has 2 fully saturated rings. The number of aromatic nitrogens is 4. The fourth-order valence-corrected chi connectivity index (χ4v) is 5.09. The van der Waals surface area contributed by atoms with Crippen LogP contribution in [0.1, 0.15) is 62.4 Å². The van der Waals surface area contributed by atoms with Gasteiger partial charge in [0.15, 0.2) is 5.82 Å². The lowest BCUT2D eigenvalue weighted by molar-refractivity contribution is 0.129. The molecule has 0 N–H and O–H groups in total. The molecule has 5 rings (SSSR count). The normalized spacial score (nSPS) is 28.2. The summed E-state index contributed by atoms with van der Waals surface area (Å²) in [6.45, 7) is 1.83. The molecular weight excluding hydrogens is 324 g/mol. The molecule has 6 nitrogen and oxygen atoms in total. The topological polar surface area (TPSA) is 59.2 Å². The van der Waals surface area contributed by atoms with Crippen molar-refractivity contribution < 1.29 is 0 Å². The fourth-order valence-electron chi connectivity index (χ4n) is 5.09. The highest BCUT2D eigenvalue weighted by molar-refractivity contribution is 5.90. The number of aliphatic imine (C=N–C) groups is 1. The standard InChI is InChI=1S/C20H26N6/c1-3-8-15(9-4-1)14-21-20-18(16-10-5-2-6-11-16)25-13-7-12-17(25)19-22-23-24-26(19)20/h1,3-4,8-9,16-18H,2,5-7,10-14H2. The first-order chi connectivity index (χ1) is 12.9. The van der Waals surface area contributed by atoms with Crippen molar-refractivity contribution in [3.63, 3.8) is 0 Å². The number of hydrogen-bond donors (Lipinski definition) is 0. The van der Waals surface area contributed by atoms with Crippen LogP contribution in [-0.4, -0.2) is 43.5 Å². The molecule has 136 valence electrons. The smallest absolute Gasteiger partial charge is 0.175 e. The molecule has 0 radical (unpaired) electrons. The van der Waals surface area contributed by atoms with E-state index in [0.29, 0.717) is 24.5 Å². The molecule has 3 aliphatic rings. The molecule has 0 bridgehead atoms. The maximum Gasteiger partial charge on any atom is 0.175 e. The molecule has 2 aliphatic heterocycles. The van der Waals surface area contributed by atoms with Crippen LogP contribution in [0.3, 0.4) is 0 Å². The number of hydrogen-bond acceptors (Lipinski definition) is 5. The molecule has 1 aliphatic carbocycles. The van der Waals surface area contributed by atoms with E-state index >= 15 is 0 Å². The molecule has 2 atom stereocenters. The van der Waals surface area contributed by atoms with Gasteiger partial charge >= 0.3 is 0 Å². The van der Waals surface area contributed by atoms with E-state index in [1.54, 1.807) is 0 Å². The highest BCUT2D eigenvalue weighted by Gasteiger charge is 2.46. The van der Waals surface area contributed by atoms with Crippen molar-refractivity contribution in [2.45, 2.75) is 63.6 Å². The van der Waals surface area contributed by atoms with E-state index in [1.165, 1.54) is 44.1 Å². The van der Waals surface area contributed by atoms with Crippen molar-refractivity contribution >= 4 is 5.84 Å². The predicted octanol–water partition coefficient (Wildman–Crippen LogP) is 3.22. The molecule has 26 heavy (non-hydrogen) atoms. The summed E-state index contributed by atoms with van der Waals surface area (Å²) in [4.78, 5) is 7.74. The third-order valence-corrected chi connectivity index (χ3v) is 6.29. The Balaban J connectivity index is 1.55. The Morgan fingerprint density at radius 2 is 1.85 bits per heavy atom. The molecule has 1 aromatic carbocycles. The summed E-state index contributed by atoms with van der Waals surface area (Å²) in [5, 5.41) is 12.7. The van der Waals surface area contributed by atoms with Gasteiger partial charge in [-0.3, -0.25) is 9.89 Å². The van der Waals surface area contributed by atoms with Gasteiger partial charge < -0.3 is 0 Å². The van der Waals surface area contributed by atoms with Crippen LogP contribution in [0.5, 0.6) is 0 Å². The summed E-state index contributed by atoms with van der Waals surface area (Å²) in [5.74, 6) is 2.73. The number of rotatable bonds is 3. The largest absolute Gasteiger partial charge is 0.283 e. The van der Waals surface area contributed by atoms with Gasteiger partial charge in [-0.1, -0.05) is 49.6 Å². The first-order valence-electron chi connectivity index (χ1n) is 10.0. The summed E-state index contributed by atoms with van der Waals surface area (Å²) in [6, 6.07) is 11.2. The van der Waals surface area contributed by atoms with Gasteiger partial charge in [0.2, 0.25) is 0 Å². The van der Waals surface area contributed by atoms with Crippen LogP contribution in [0.15, 0.2) is 35.3 Å². The van der Waals surface area contributed by atoms with E-state index in [2.05, 4.69) is 50.8 Å². The second-order valence-corrected chi connectivity index (χ2v) is 7.85. The van der Waals surface area contributed by atoms with E-state index in [-0.39, 0.29) is 0 Å². The molecular formula is C20H26N6. The maximum atomic E-state index is 5.08. The van der Waals surface area contributed by atoms with Crippen molar-refractivity contribution in [2.24, 2.45) is 10.9 Å². The Kier molecular flexibility index (Phi) is 4.28. The zero-order valence-electron chi connectivity index (χ0n) is 15.2. The van der Waals surface area contributed by atoms with Crippen LogP contribution >= 0.6 is 0 Å². The molecule has 2 unspecified atom stereocenters. The monoisotopic (exact) mass is 350 g/mol. The van der Waals surface area contributed by atoms with Gasteiger partial charge in [-0.25, -0.2) is 0 Å². The van der Waals surface area contributed by atoms with Gasteiger partial charge in [0, 0.05) is 0 Å². The average molecular weight is 350 g/mol. The molecule has 3 heterocycles. The van der Waals surface area contributed by atoms with Gasteiger partial charge in [-0.2, -0.15) is 4.68 Å². The molecule has 0 spiro atoms. The molecule has 6 heteroatoms. The Morgan fingerprint density at radius 3 is 2.69 bits per heavy atom. The molecule has 1 saturated heterocycles. The fraction of sp³-hybridized carbons (Fsp3) is 0.600. The van der Waals surface area contributed by atoms with E-state index in [1.807, 2.05) is 4.68 Å². The first kappa shape index (κ1) is 16.1. The van der Waals surface area contributed by atoms with Crippen LogP contribution in [0.25, 0.3) is 0 Å². The van der Waals surface area contributed by atoms with E-state index < -0.39 is 0 Å². The van der Waals surface area contributed by atoms with E-state index in [4.69, 9.17) is 4.99 Å². The SMILES string of the molecule is c1ccc(CN=C2C(C3CCCCC3)N3CCCC3c3nnnn32)cc1. The van der Waals surface area contributed by atoms with Gasteiger partial charge in [0.25, 0.3) is 0 Å². The summed E-state index contributed by atoms with van der Waals surface area (Å²) in [6.07, 6.45) is 9.05. The average Bonchev–Trinajstić information content (AvgIpc) is 3.36. The lowest BCUT2D eigenvalue weighted by Crippen LogP contribution is -2.53. The van der Waals surface area contributed by atoms with Crippen LogP contribution in [0, 0.1) is 5.92 Å². The number of fused-ring (bicyclic) bond motifs is 3. The summed E-state index contributed by atoms with van der Waals surface area (Å²) >= 11 is 0. The Bertz CT molecular complexity index is 777. The summed E-state index contributed by atoms with van der Waals surface area (Å²) < 4.78 is 1.97. The third-order valence-electron chi connectivity index (χ3n) is 6.29. The molecule has 0 amide bonds. The van der Waals surface area contributed by atoms with Crippen molar-refractivity contribution in [3.8, 4) is 0 Å². The minimum Gasteiger partial charge on any atom is -0.283 e. The predicted molar refractivity (Wildman–Crippen MR) is 99.8 cm³/mol. The minimum atomic E-state index is 0.363. The molecule has 1 aromatic heterocycles. The summed E-state index contributed by atoms with van der Waals surface area (Å²) in [7, 11) is 0. The Hall–Kier alpha value is -2.08. The van der Waals surface area contributed by atoms with Gasteiger partial charge in [-0.05, 0) is 54.1 Å². The Labute approximate surface area is 154 Å². The number of tetrazole rings is 1. The zero-order chi connectivity index (χ0) is 17.3. The van der Waals surface area contributed by atoms with Crippen LogP contribution < -0.4 is 0 Å². The summed E-state index contributed by atoms with van der Waals surface area (Å²) in [5.41, 5.74) is 1.24. The third kappa shape index (κ3) is 2.76. The highest BCUT2D eigenvalue weighted by atomic mass is 15.6. The number of nitrogens with zero attached hydrogens (tertiary/aromatic N) is 6. The lowest BCUT2D eigenvalue weighted by atomic mass is 9.81. The van der Waals surface area contributed by atoms with Crippen molar-refractivity contribution in [2.75, 3.05) is 6.54 Å². The maximum absolute atomic E-state index is 5.08. The first-order valence-corrected chi connectivity index (χ1v) is 10.0. The van der Waals surface area contributed by atoms with Crippen LogP contribution in [-0.2, 0) is 6.54 Å². The quantitative estimate of drug-likeness (QED) is 0.853. The van der Waals surface area contributed by atoms with Crippen molar-refractivity contribution in [3.05, 3.63) is 41.7 Å². The highest BCUT2D eigenvalue weighted by Crippen LogP contribution is 2.41. The second kappa shape index (κ2) is 6.91. The van der Waals surface area contributed by atoms with Gasteiger partial charge in [-0.15, -0.1) is 5.10 Å². The van der Waals surface area contributed by atoms with Crippen molar-refractivity contribution in [1.29, 1.82) is 0 Å². The molecule has 2 aromatic rings. The minimum absolute atomic E-state index is 0.363. The molecule has 1 saturated carbocycles. The second-order valence-electron chi connectivity index (χ2n) is 7.85. The van der Waals surface area contributed by atoms with Crippen LogP contribution in [0.2, 0.25) is 0 Å². The van der Waals surface area contributed by atoms with Gasteiger partial charge in [0.05, 0.1) is 18.6 Å². The zero-order valence-corrected chi connectivity index (χ0v) is 15.2. The van der Waals surface area contributed by atoms with Crippen molar-refractivity contribution in [1.82, 2.24) is 25.1 Å². The Morgan fingerprint density at radius 1 is 1.00 bits per heavy atom.